The molecule has 2 N–H and O–H groups in total. The number of carbonyl (C=O) groups excluding carboxylic acids is 1. The molecular formula is C21H18N4O2. The predicted octanol–water partition coefficient (Wildman–Crippen LogP) is 3.58. The molecule has 0 saturated carbocycles. The minimum Gasteiger partial charge on any atom is -0.319 e. The normalized spacial score (nSPS) is 10.9. The van der Waals surface area contributed by atoms with Crippen molar-refractivity contribution in [1.29, 1.82) is 0 Å². The number of hydrogen-bond donors (Lipinski definition) is 2. The van der Waals surface area contributed by atoms with Gasteiger partial charge in [0.1, 0.15) is 5.69 Å². The Kier molecular flexibility index (Phi) is 4.08. The summed E-state index contributed by atoms with van der Waals surface area (Å²) in [5.41, 5.74) is 3.16. The van der Waals surface area contributed by atoms with Gasteiger partial charge in [-0.3, -0.25) is 9.59 Å². The molecule has 0 aliphatic heterocycles. The molecule has 27 heavy (non-hydrogen) atoms. The van der Waals surface area contributed by atoms with E-state index in [0.29, 0.717) is 11.1 Å². The van der Waals surface area contributed by atoms with Crippen molar-refractivity contribution in [2.24, 2.45) is 0 Å². The molecule has 6 nitrogen and oxygen atoms in total. The average Bonchev–Trinajstić information content (AvgIpc) is 3.00. The quantitative estimate of drug-likeness (QED) is 0.587. The molecule has 4 aromatic rings. The SMILES string of the molecule is Cc1cc(C)n(-c2ccccc2NC(=O)c2cc3ccccc3c(=O)[nH]2)n1. The van der Waals surface area contributed by atoms with Gasteiger partial charge in [0.2, 0.25) is 0 Å². The summed E-state index contributed by atoms with van der Waals surface area (Å²) in [7, 11) is 0. The van der Waals surface area contributed by atoms with Gasteiger partial charge in [0.15, 0.2) is 0 Å². The van der Waals surface area contributed by atoms with Crippen molar-refractivity contribution in [3.63, 3.8) is 0 Å². The molecule has 0 unspecified atom stereocenters. The summed E-state index contributed by atoms with van der Waals surface area (Å²) < 4.78 is 1.79. The highest BCUT2D eigenvalue weighted by atomic mass is 16.2. The molecule has 2 heterocycles. The van der Waals surface area contributed by atoms with Crippen LogP contribution in [0.1, 0.15) is 21.9 Å². The Morgan fingerprint density at radius 3 is 2.56 bits per heavy atom. The lowest BCUT2D eigenvalue weighted by Crippen LogP contribution is -2.20. The lowest BCUT2D eigenvalue weighted by Gasteiger charge is -2.12. The van der Waals surface area contributed by atoms with E-state index in [-0.39, 0.29) is 17.2 Å². The number of para-hydroxylation sites is 2. The van der Waals surface area contributed by atoms with Crippen molar-refractivity contribution < 1.29 is 4.79 Å². The van der Waals surface area contributed by atoms with Crippen LogP contribution in [0, 0.1) is 13.8 Å². The second kappa shape index (κ2) is 6.57. The highest BCUT2D eigenvalue weighted by Gasteiger charge is 2.14. The van der Waals surface area contributed by atoms with Crippen LogP contribution >= 0.6 is 0 Å². The Morgan fingerprint density at radius 1 is 1.04 bits per heavy atom. The van der Waals surface area contributed by atoms with E-state index in [9.17, 15) is 9.59 Å². The third kappa shape index (κ3) is 3.13. The number of amides is 1. The van der Waals surface area contributed by atoms with E-state index in [1.54, 1.807) is 22.9 Å². The van der Waals surface area contributed by atoms with Crippen molar-refractivity contribution in [2.45, 2.75) is 13.8 Å². The fourth-order valence-electron chi connectivity index (χ4n) is 3.16. The largest absolute Gasteiger partial charge is 0.319 e. The molecular weight excluding hydrogens is 340 g/mol. The molecule has 0 bridgehead atoms. The first-order valence-electron chi connectivity index (χ1n) is 8.59. The topological polar surface area (TPSA) is 79.8 Å². The van der Waals surface area contributed by atoms with Crippen LogP contribution in [-0.2, 0) is 0 Å². The molecule has 0 saturated heterocycles. The summed E-state index contributed by atoms with van der Waals surface area (Å²) in [5.74, 6) is -0.383. The minimum atomic E-state index is -0.383. The smallest absolute Gasteiger partial charge is 0.272 e. The van der Waals surface area contributed by atoms with E-state index in [1.165, 1.54) is 0 Å². The number of benzene rings is 2. The van der Waals surface area contributed by atoms with E-state index in [0.717, 1.165) is 22.5 Å². The predicted molar refractivity (Wildman–Crippen MR) is 106 cm³/mol. The number of nitrogens with zero attached hydrogens (tertiary/aromatic N) is 2. The van der Waals surface area contributed by atoms with Gasteiger partial charge in [-0.25, -0.2) is 4.68 Å². The lowest BCUT2D eigenvalue weighted by atomic mass is 10.1. The highest BCUT2D eigenvalue weighted by Crippen LogP contribution is 2.22. The number of anilines is 1. The molecule has 0 spiro atoms. The van der Waals surface area contributed by atoms with Crippen molar-refractivity contribution in [1.82, 2.24) is 14.8 Å². The molecule has 0 atom stereocenters. The molecule has 134 valence electrons. The average molecular weight is 358 g/mol. The van der Waals surface area contributed by atoms with Crippen LogP contribution in [-0.4, -0.2) is 20.7 Å². The Hall–Kier alpha value is -3.67. The number of nitrogens with one attached hydrogen (secondary N) is 2. The van der Waals surface area contributed by atoms with E-state index >= 15 is 0 Å². The first kappa shape index (κ1) is 16.8. The van der Waals surface area contributed by atoms with Crippen molar-refractivity contribution in [3.05, 3.63) is 88.1 Å². The summed E-state index contributed by atoms with van der Waals surface area (Å²) in [6.07, 6.45) is 0. The summed E-state index contributed by atoms with van der Waals surface area (Å²) in [6.45, 7) is 3.88. The Labute approximate surface area is 155 Å². The van der Waals surface area contributed by atoms with E-state index < -0.39 is 0 Å². The van der Waals surface area contributed by atoms with Crippen molar-refractivity contribution in [3.8, 4) is 5.69 Å². The van der Waals surface area contributed by atoms with Gasteiger partial charge < -0.3 is 10.3 Å². The number of fused-ring (bicyclic) bond motifs is 1. The van der Waals surface area contributed by atoms with Gasteiger partial charge in [0.05, 0.1) is 17.1 Å². The van der Waals surface area contributed by atoms with Gasteiger partial charge in [-0.2, -0.15) is 5.10 Å². The highest BCUT2D eigenvalue weighted by molar-refractivity contribution is 6.05. The van der Waals surface area contributed by atoms with Crippen LogP contribution in [0.5, 0.6) is 0 Å². The third-order valence-corrected chi connectivity index (χ3v) is 4.39. The number of aryl methyl sites for hydroxylation is 2. The number of aromatic amines is 1. The van der Waals surface area contributed by atoms with Crippen LogP contribution in [0.15, 0.2) is 65.5 Å². The lowest BCUT2D eigenvalue weighted by molar-refractivity contribution is 0.102. The van der Waals surface area contributed by atoms with Crippen LogP contribution in [0.4, 0.5) is 5.69 Å². The van der Waals surface area contributed by atoms with Gasteiger partial charge in [-0.15, -0.1) is 0 Å². The summed E-state index contributed by atoms with van der Waals surface area (Å²) in [5, 5.41) is 8.64. The Bertz CT molecular complexity index is 1220. The van der Waals surface area contributed by atoms with E-state index in [4.69, 9.17) is 0 Å². The number of aromatic nitrogens is 3. The first-order valence-corrected chi connectivity index (χ1v) is 8.59. The molecule has 0 aliphatic carbocycles. The number of carbonyl (C=O) groups is 1. The molecule has 0 radical (unpaired) electrons. The van der Waals surface area contributed by atoms with Gasteiger partial charge in [-0.1, -0.05) is 30.3 Å². The zero-order chi connectivity index (χ0) is 19.0. The van der Waals surface area contributed by atoms with Gasteiger partial charge in [0, 0.05) is 11.1 Å². The van der Waals surface area contributed by atoms with Crippen LogP contribution in [0.25, 0.3) is 16.5 Å². The molecule has 2 aromatic heterocycles. The summed E-state index contributed by atoms with van der Waals surface area (Å²) in [6, 6.07) is 18.2. The molecule has 6 heteroatoms. The van der Waals surface area contributed by atoms with Gasteiger partial charge >= 0.3 is 0 Å². The fourth-order valence-corrected chi connectivity index (χ4v) is 3.16. The maximum absolute atomic E-state index is 12.8. The minimum absolute atomic E-state index is 0.210. The summed E-state index contributed by atoms with van der Waals surface area (Å²) in [4.78, 5) is 27.7. The van der Waals surface area contributed by atoms with Crippen LogP contribution < -0.4 is 10.9 Å². The fraction of sp³-hybridized carbons (Fsp3) is 0.0952. The van der Waals surface area contributed by atoms with Gasteiger partial charge in [0.25, 0.3) is 11.5 Å². The molecule has 0 aliphatic rings. The van der Waals surface area contributed by atoms with Crippen molar-refractivity contribution in [2.75, 3.05) is 5.32 Å². The second-order valence-corrected chi connectivity index (χ2v) is 6.41. The summed E-state index contributed by atoms with van der Waals surface area (Å²) >= 11 is 0. The maximum atomic E-state index is 12.8. The monoisotopic (exact) mass is 358 g/mol. The first-order chi connectivity index (χ1) is 13.0. The number of pyridine rings is 1. The van der Waals surface area contributed by atoms with Crippen molar-refractivity contribution >= 4 is 22.4 Å². The molecule has 4 rings (SSSR count). The number of rotatable bonds is 3. The Morgan fingerprint density at radius 2 is 1.78 bits per heavy atom. The molecule has 2 aromatic carbocycles. The maximum Gasteiger partial charge on any atom is 0.272 e. The second-order valence-electron chi connectivity index (χ2n) is 6.41. The third-order valence-electron chi connectivity index (χ3n) is 4.39. The van der Waals surface area contributed by atoms with Crippen LogP contribution in [0.2, 0.25) is 0 Å². The standard InChI is InChI=1S/C21H18N4O2/c1-13-11-14(2)25(24-13)19-10-6-5-9-17(19)22-21(27)18-12-15-7-3-4-8-16(15)20(26)23-18/h3-12H,1-2H3,(H,22,27)(H,23,26). The van der Waals surface area contributed by atoms with E-state index in [2.05, 4.69) is 15.4 Å². The number of H-pyrrole nitrogens is 1. The molecule has 0 fully saturated rings. The van der Waals surface area contributed by atoms with Gasteiger partial charge in [-0.05, 0) is 49.6 Å². The molecule has 1 amide bonds. The van der Waals surface area contributed by atoms with Crippen LogP contribution in [0.3, 0.4) is 0 Å². The number of hydrogen-bond acceptors (Lipinski definition) is 3. The Balaban J connectivity index is 1.72. The van der Waals surface area contributed by atoms with E-state index in [1.807, 2.05) is 56.3 Å². The zero-order valence-electron chi connectivity index (χ0n) is 15.0. The zero-order valence-corrected chi connectivity index (χ0v) is 15.0.